The Morgan fingerprint density at radius 1 is 1.19 bits per heavy atom. The van der Waals surface area contributed by atoms with Gasteiger partial charge in [0, 0.05) is 17.5 Å². The third-order valence-electron chi connectivity index (χ3n) is 4.16. The Morgan fingerprint density at radius 2 is 1.95 bits per heavy atom. The van der Waals surface area contributed by atoms with E-state index >= 15 is 0 Å². The fourth-order valence-corrected chi connectivity index (χ4v) is 4.90. The quantitative estimate of drug-likeness (QED) is 0.876. The zero-order valence-corrected chi connectivity index (χ0v) is 14.7. The lowest BCUT2D eigenvalue weighted by atomic mass is 10.0. The summed E-state index contributed by atoms with van der Waals surface area (Å²) >= 11 is 5.37. The minimum atomic E-state index is 0.126. The molecule has 0 amide bonds. The highest BCUT2D eigenvalue weighted by molar-refractivity contribution is 9.11. The zero-order chi connectivity index (χ0) is 14.8. The van der Waals surface area contributed by atoms with Gasteiger partial charge in [0.15, 0.2) is 0 Å². The molecule has 3 rings (SSSR count). The first-order chi connectivity index (χ1) is 10.1. The largest absolute Gasteiger partial charge is 0.326 e. The summed E-state index contributed by atoms with van der Waals surface area (Å²) in [4.78, 5) is 3.91. The number of nitrogens with zero attached hydrogens (tertiary/aromatic N) is 1. The Morgan fingerprint density at radius 3 is 2.62 bits per heavy atom. The second-order valence-electron chi connectivity index (χ2n) is 5.79. The van der Waals surface area contributed by atoms with Crippen molar-refractivity contribution >= 4 is 27.3 Å². The molecule has 2 aromatic rings. The van der Waals surface area contributed by atoms with Gasteiger partial charge >= 0.3 is 0 Å². The molecule has 21 heavy (non-hydrogen) atoms. The molecule has 0 aliphatic carbocycles. The molecule has 1 aromatic carbocycles. The maximum atomic E-state index is 6.33. The van der Waals surface area contributed by atoms with E-state index in [1.54, 1.807) is 11.3 Å². The molecule has 0 radical (unpaired) electrons. The van der Waals surface area contributed by atoms with Gasteiger partial charge in [-0.3, -0.25) is 4.90 Å². The number of thiophene rings is 1. The van der Waals surface area contributed by atoms with Gasteiger partial charge in [0.25, 0.3) is 0 Å². The van der Waals surface area contributed by atoms with E-state index in [-0.39, 0.29) is 6.04 Å². The predicted octanol–water partition coefficient (Wildman–Crippen LogP) is 4.35. The molecule has 0 fully saturated rings. The second kappa shape index (κ2) is 6.61. The van der Waals surface area contributed by atoms with E-state index in [4.69, 9.17) is 5.73 Å². The number of hydrogen-bond acceptors (Lipinski definition) is 3. The van der Waals surface area contributed by atoms with Gasteiger partial charge in [-0.1, -0.05) is 24.3 Å². The molecule has 2 N–H and O–H groups in total. The van der Waals surface area contributed by atoms with Crippen LogP contribution in [-0.2, 0) is 13.0 Å². The van der Waals surface area contributed by atoms with Crippen LogP contribution in [0.3, 0.4) is 0 Å². The Kier molecular flexibility index (Phi) is 4.79. The van der Waals surface area contributed by atoms with E-state index in [0.29, 0.717) is 6.04 Å². The first-order valence-corrected chi connectivity index (χ1v) is 9.08. The molecule has 112 valence electrons. The van der Waals surface area contributed by atoms with Gasteiger partial charge in [0.05, 0.1) is 9.83 Å². The monoisotopic (exact) mass is 364 g/mol. The molecule has 4 heteroatoms. The summed E-state index contributed by atoms with van der Waals surface area (Å²) in [5.41, 5.74) is 9.28. The maximum Gasteiger partial charge on any atom is 0.0702 e. The van der Waals surface area contributed by atoms with Crippen molar-refractivity contribution < 1.29 is 0 Å². The van der Waals surface area contributed by atoms with Crippen LogP contribution in [0.25, 0.3) is 0 Å². The first-order valence-electron chi connectivity index (χ1n) is 7.47. The molecule has 1 aliphatic heterocycles. The molecule has 2 nitrogen and oxygen atoms in total. The number of fused-ring (bicyclic) bond motifs is 1. The molecule has 2 heterocycles. The lowest BCUT2D eigenvalue weighted by Gasteiger charge is -2.33. The van der Waals surface area contributed by atoms with Gasteiger partial charge in [0.2, 0.25) is 0 Å². The summed E-state index contributed by atoms with van der Waals surface area (Å²) in [6.45, 7) is 4.23. The second-order valence-corrected chi connectivity index (χ2v) is 8.28. The number of hydrogen-bond donors (Lipinski definition) is 1. The SMILES string of the molecule is CC(N)C(c1ccc(Br)s1)N1CCCc2ccccc2C1. The number of rotatable bonds is 3. The number of nitrogens with two attached hydrogens (primary N) is 1. The van der Waals surface area contributed by atoms with Crippen molar-refractivity contribution in [2.24, 2.45) is 5.73 Å². The van der Waals surface area contributed by atoms with Crippen LogP contribution in [0.1, 0.15) is 35.4 Å². The minimum Gasteiger partial charge on any atom is -0.326 e. The van der Waals surface area contributed by atoms with Crippen LogP contribution in [0.15, 0.2) is 40.2 Å². The Bertz CT molecular complexity index is 608. The summed E-state index contributed by atoms with van der Waals surface area (Å²) < 4.78 is 1.18. The molecular weight excluding hydrogens is 344 g/mol. The molecule has 1 aliphatic rings. The van der Waals surface area contributed by atoms with E-state index in [0.717, 1.165) is 13.1 Å². The standard InChI is InChI=1S/C17H21BrN2S/c1-12(19)17(15-8-9-16(18)21-15)20-10-4-7-13-5-2-3-6-14(13)11-20/h2-3,5-6,8-9,12,17H,4,7,10-11,19H2,1H3. The van der Waals surface area contributed by atoms with Crippen LogP contribution >= 0.6 is 27.3 Å². The summed E-state index contributed by atoms with van der Waals surface area (Å²) in [5, 5.41) is 0. The Balaban J connectivity index is 1.90. The van der Waals surface area contributed by atoms with Gasteiger partial charge in [-0.2, -0.15) is 0 Å². The van der Waals surface area contributed by atoms with E-state index in [9.17, 15) is 0 Å². The van der Waals surface area contributed by atoms with Crippen LogP contribution in [-0.4, -0.2) is 17.5 Å². The van der Waals surface area contributed by atoms with Crippen LogP contribution in [0.5, 0.6) is 0 Å². The van der Waals surface area contributed by atoms with Crippen molar-refractivity contribution in [2.45, 2.75) is 38.4 Å². The van der Waals surface area contributed by atoms with E-state index < -0.39 is 0 Å². The fraction of sp³-hybridized carbons (Fsp3) is 0.412. The van der Waals surface area contributed by atoms with Crippen molar-refractivity contribution in [1.82, 2.24) is 4.90 Å². The normalized spacial score (nSPS) is 18.8. The summed E-state index contributed by atoms with van der Waals surface area (Å²) in [6.07, 6.45) is 2.37. The Hall–Kier alpha value is -0.680. The van der Waals surface area contributed by atoms with E-state index in [1.165, 1.54) is 32.6 Å². The first kappa shape index (κ1) is 15.2. The van der Waals surface area contributed by atoms with Crippen molar-refractivity contribution in [1.29, 1.82) is 0 Å². The van der Waals surface area contributed by atoms with E-state index in [2.05, 4.69) is 64.2 Å². The fourth-order valence-electron chi connectivity index (χ4n) is 3.22. The highest BCUT2D eigenvalue weighted by atomic mass is 79.9. The summed E-state index contributed by atoms with van der Waals surface area (Å²) in [5.74, 6) is 0. The average Bonchev–Trinajstić information content (AvgIpc) is 2.75. The molecule has 2 unspecified atom stereocenters. The highest BCUT2D eigenvalue weighted by Crippen LogP contribution is 2.34. The third-order valence-corrected chi connectivity index (χ3v) is 5.85. The average molecular weight is 365 g/mol. The summed E-state index contributed by atoms with van der Waals surface area (Å²) in [6, 6.07) is 13.6. The van der Waals surface area contributed by atoms with Gasteiger partial charge in [-0.25, -0.2) is 0 Å². The number of benzene rings is 1. The molecule has 1 aromatic heterocycles. The zero-order valence-electron chi connectivity index (χ0n) is 12.3. The van der Waals surface area contributed by atoms with Gasteiger partial charge in [-0.05, 0) is 65.5 Å². The van der Waals surface area contributed by atoms with E-state index in [1.807, 2.05) is 0 Å². The molecular formula is C17H21BrN2S. The van der Waals surface area contributed by atoms with Gasteiger partial charge < -0.3 is 5.73 Å². The smallest absolute Gasteiger partial charge is 0.0702 e. The van der Waals surface area contributed by atoms with Crippen molar-refractivity contribution in [2.75, 3.05) is 6.54 Å². The van der Waals surface area contributed by atoms with Crippen molar-refractivity contribution in [3.05, 3.63) is 56.2 Å². The van der Waals surface area contributed by atoms with Crippen LogP contribution in [0.2, 0.25) is 0 Å². The third kappa shape index (κ3) is 3.39. The van der Waals surface area contributed by atoms with Crippen molar-refractivity contribution in [3.8, 4) is 0 Å². The molecule has 0 saturated heterocycles. The molecule has 2 atom stereocenters. The van der Waals surface area contributed by atoms with Gasteiger partial charge in [-0.15, -0.1) is 11.3 Å². The predicted molar refractivity (Wildman–Crippen MR) is 93.6 cm³/mol. The molecule has 0 spiro atoms. The maximum absolute atomic E-state index is 6.33. The molecule has 0 bridgehead atoms. The topological polar surface area (TPSA) is 29.3 Å². The lowest BCUT2D eigenvalue weighted by Crippen LogP contribution is -2.38. The van der Waals surface area contributed by atoms with Crippen LogP contribution in [0.4, 0.5) is 0 Å². The van der Waals surface area contributed by atoms with Crippen LogP contribution in [0, 0.1) is 0 Å². The molecule has 0 saturated carbocycles. The van der Waals surface area contributed by atoms with Crippen LogP contribution < -0.4 is 5.73 Å². The minimum absolute atomic E-state index is 0.126. The summed E-state index contributed by atoms with van der Waals surface area (Å²) in [7, 11) is 0. The lowest BCUT2D eigenvalue weighted by molar-refractivity contribution is 0.173. The van der Waals surface area contributed by atoms with Gasteiger partial charge in [0.1, 0.15) is 0 Å². The number of aryl methyl sites for hydroxylation is 1. The number of halogens is 1. The Labute approximate surface area is 139 Å². The van der Waals surface area contributed by atoms with Crippen molar-refractivity contribution in [3.63, 3.8) is 0 Å². The highest BCUT2D eigenvalue weighted by Gasteiger charge is 2.27.